The summed E-state index contributed by atoms with van der Waals surface area (Å²) in [6.45, 7) is 0. The molecule has 0 spiro atoms. The van der Waals surface area contributed by atoms with Crippen molar-refractivity contribution in [3.05, 3.63) is 60.4 Å². The van der Waals surface area contributed by atoms with Crippen LogP contribution in [0, 0.1) is 11.8 Å². The SMILES string of the molecule is O=C(NC12CC3CC(C1)CC(c1nnc(-c4ccccn4)o1)(C3)C2)c1ccccn1. The minimum Gasteiger partial charge on any atom is -0.419 e. The van der Waals surface area contributed by atoms with Crippen molar-refractivity contribution in [2.75, 3.05) is 0 Å². The molecule has 7 heteroatoms. The Balaban J connectivity index is 1.32. The topological polar surface area (TPSA) is 93.8 Å². The van der Waals surface area contributed by atoms with Gasteiger partial charge >= 0.3 is 0 Å². The van der Waals surface area contributed by atoms with E-state index in [1.54, 1.807) is 18.5 Å². The van der Waals surface area contributed by atoms with Crippen LogP contribution in [-0.2, 0) is 5.41 Å². The quantitative estimate of drug-likeness (QED) is 0.719. The summed E-state index contributed by atoms with van der Waals surface area (Å²) in [6, 6.07) is 11.1. The second kappa shape index (κ2) is 6.45. The summed E-state index contributed by atoms with van der Waals surface area (Å²) in [5, 5.41) is 12.1. The Morgan fingerprint density at radius 2 is 1.73 bits per heavy atom. The normalized spacial score (nSPS) is 31.6. The predicted octanol–water partition coefficient (Wildman–Crippen LogP) is 3.55. The predicted molar refractivity (Wildman–Crippen MR) is 108 cm³/mol. The van der Waals surface area contributed by atoms with Gasteiger partial charge in [-0.15, -0.1) is 10.2 Å². The summed E-state index contributed by atoms with van der Waals surface area (Å²) in [4.78, 5) is 21.5. The molecule has 7 nitrogen and oxygen atoms in total. The van der Waals surface area contributed by atoms with Crippen LogP contribution < -0.4 is 5.32 Å². The lowest BCUT2D eigenvalue weighted by Crippen LogP contribution is -2.64. The van der Waals surface area contributed by atoms with Crippen molar-refractivity contribution in [2.45, 2.75) is 49.5 Å². The zero-order chi connectivity index (χ0) is 20.2. The number of aromatic nitrogens is 4. The zero-order valence-corrected chi connectivity index (χ0v) is 16.6. The molecule has 2 unspecified atom stereocenters. The van der Waals surface area contributed by atoms with E-state index in [9.17, 15) is 4.79 Å². The van der Waals surface area contributed by atoms with Gasteiger partial charge in [0.25, 0.3) is 11.8 Å². The molecule has 30 heavy (non-hydrogen) atoms. The van der Waals surface area contributed by atoms with Gasteiger partial charge in [0.15, 0.2) is 0 Å². The average molecular weight is 401 g/mol. The fourth-order valence-electron chi connectivity index (χ4n) is 6.49. The molecule has 4 aliphatic carbocycles. The van der Waals surface area contributed by atoms with Gasteiger partial charge in [-0.1, -0.05) is 12.1 Å². The van der Waals surface area contributed by atoms with Gasteiger partial charge in [-0.05, 0) is 74.6 Å². The maximum absolute atomic E-state index is 12.9. The molecule has 1 amide bonds. The Labute approximate surface area is 174 Å². The minimum absolute atomic E-state index is 0.0904. The molecular formula is C23H23N5O2. The number of nitrogens with zero attached hydrogens (tertiary/aromatic N) is 4. The fourth-order valence-corrected chi connectivity index (χ4v) is 6.49. The third kappa shape index (κ3) is 2.83. The van der Waals surface area contributed by atoms with E-state index >= 15 is 0 Å². The summed E-state index contributed by atoms with van der Waals surface area (Å²) >= 11 is 0. The summed E-state index contributed by atoms with van der Waals surface area (Å²) in [5.74, 6) is 2.22. The number of pyridine rings is 2. The number of carbonyl (C=O) groups is 1. The van der Waals surface area contributed by atoms with Crippen molar-refractivity contribution in [1.82, 2.24) is 25.5 Å². The Kier molecular flexibility index (Phi) is 3.82. The van der Waals surface area contributed by atoms with Crippen LogP contribution in [0.3, 0.4) is 0 Å². The van der Waals surface area contributed by atoms with Crippen LogP contribution in [0.1, 0.15) is 54.9 Å². The zero-order valence-electron chi connectivity index (χ0n) is 16.6. The van der Waals surface area contributed by atoms with Crippen LogP contribution in [0.5, 0.6) is 0 Å². The van der Waals surface area contributed by atoms with Gasteiger partial charge in [-0.25, -0.2) is 0 Å². The van der Waals surface area contributed by atoms with Crippen LogP contribution in [0.15, 0.2) is 53.2 Å². The molecule has 2 atom stereocenters. The molecular weight excluding hydrogens is 378 g/mol. The Morgan fingerprint density at radius 3 is 2.43 bits per heavy atom. The largest absolute Gasteiger partial charge is 0.419 e. The maximum atomic E-state index is 12.9. The molecule has 3 heterocycles. The number of hydrogen-bond donors (Lipinski definition) is 1. The molecule has 0 radical (unpaired) electrons. The van der Waals surface area contributed by atoms with Gasteiger partial charge in [0.2, 0.25) is 5.89 Å². The lowest BCUT2D eigenvalue weighted by Gasteiger charge is -2.60. The molecule has 4 bridgehead atoms. The van der Waals surface area contributed by atoms with E-state index in [1.165, 1.54) is 6.42 Å². The summed E-state index contributed by atoms with van der Waals surface area (Å²) in [7, 11) is 0. The molecule has 0 aromatic carbocycles. The van der Waals surface area contributed by atoms with E-state index in [0.29, 0.717) is 35.0 Å². The van der Waals surface area contributed by atoms with Gasteiger partial charge in [0.1, 0.15) is 11.4 Å². The van der Waals surface area contributed by atoms with Crippen LogP contribution in [0.2, 0.25) is 0 Å². The highest BCUT2D eigenvalue weighted by atomic mass is 16.4. The summed E-state index contributed by atoms with van der Waals surface area (Å²) < 4.78 is 6.18. The van der Waals surface area contributed by atoms with Crippen molar-refractivity contribution in [1.29, 1.82) is 0 Å². The van der Waals surface area contributed by atoms with E-state index in [-0.39, 0.29) is 16.9 Å². The van der Waals surface area contributed by atoms with Crippen molar-refractivity contribution in [3.63, 3.8) is 0 Å². The molecule has 4 saturated carbocycles. The number of nitrogens with one attached hydrogen (secondary N) is 1. The van der Waals surface area contributed by atoms with Gasteiger partial charge in [-0.3, -0.25) is 14.8 Å². The molecule has 4 aliphatic rings. The summed E-state index contributed by atoms with van der Waals surface area (Å²) in [6.07, 6.45) is 9.60. The average Bonchev–Trinajstić information content (AvgIpc) is 3.25. The Bertz CT molecular complexity index is 1070. The van der Waals surface area contributed by atoms with Crippen LogP contribution in [0.4, 0.5) is 0 Å². The van der Waals surface area contributed by atoms with Gasteiger partial charge < -0.3 is 9.73 Å². The number of carbonyl (C=O) groups excluding carboxylic acids is 1. The number of hydrogen-bond acceptors (Lipinski definition) is 6. The van der Waals surface area contributed by atoms with Crippen molar-refractivity contribution >= 4 is 5.91 Å². The van der Waals surface area contributed by atoms with Crippen LogP contribution >= 0.6 is 0 Å². The molecule has 1 N–H and O–H groups in total. The van der Waals surface area contributed by atoms with Gasteiger partial charge in [0.05, 0.1) is 5.41 Å². The fraction of sp³-hybridized carbons (Fsp3) is 0.435. The number of rotatable bonds is 4. The monoisotopic (exact) mass is 401 g/mol. The van der Waals surface area contributed by atoms with Crippen molar-refractivity contribution in [3.8, 4) is 11.6 Å². The third-order valence-electron chi connectivity index (χ3n) is 7.10. The Hall–Kier alpha value is -3.09. The first-order chi connectivity index (χ1) is 14.6. The number of amides is 1. The third-order valence-corrected chi connectivity index (χ3v) is 7.10. The molecule has 0 aliphatic heterocycles. The summed E-state index contributed by atoms with van der Waals surface area (Å²) in [5.41, 5.74) is 0.775. The van der Waals surface area contributed by atoms with Crippen molar-refractivity contribution < 1.29 is 9.21 Å². The minimum atomic E-state index is -0.224. The van der Waals surface area contributed by atoms with Gasteiger partial charge in [-0.2, -0.15) is 0 Å². The van der Waals surface area contributed by atoms with E-state index < -0.39 is 0 Å². The highest BCUT2D eigenvalue weighted by molar-refractivity contribution is 5.92. The second-order valence-corrected chi connectivity index (χ2v) is 9.32. The first kappa shape index (κ1) is 17.7. The molecule has 0 saturated heterocycles. The van der Waals surface area contributed by atoms with Crippen LogP contribution in [-0.4, -0.2) is 31.6 Å². The smallest absolute Gasteiger partial charge is 0.270 e. The highest BCUT2D eigenvalue weighted by Gasteiger charge is 2.60. The first-order valence-corrected chi connectivity index (χ1v) is 10.6. The standard InChI is InChI=1S/C23H23N5O2/c29-19(17-5-1-3-7-24-17)26-23-12-15-9-16(13-23)11-22(10-15,14-23)21-28-27-20(30-21)18-6-2-4-8-25-18/h1-8,15-16H,9-14H2,(H,26,29). The molecule has 4 fully saturated rings. The molecule has 152 valence electrons. The van der Waals surface area contributed by atoms with E-state index in [4.69, 9.17) is 4.42 Å². The highest BCUT2D eigenvalue weighted by Crippen LogP contribution is 2.62. The van der Waals surface area contributed by atoms with E-state index in [2.05, 4.69) is 25.5 Å². The van der Waals surface area contributed by atoms with Crippen molar-refractivity contribution in [2.24, 2.45) is 11.8 Å². The lowest BCUT2D eigenvalue weighted by atomic mass is 9.46. The maximum Gasteiger partial charge on any atom is 0.270 e. The second-order valence-electron chi connectivity index (χ2n) is 9.32. The molecule has 7 rings (SSSR count). The molecule has 3 aromatic heterocycles. The lowest BCUT2D eigenvalue weighted by molar-refractivity contribution is -0.0471. The van der Waals surface area contributed by atoms with E-state index in [0.717, 1.165) is 32.1 Å². The van der Waals surface area contributed by atoms with E-state index in [1.807, 2.05) is 30.3 Å². The Morgan fingerprint density at radius 1 is 0.967 bits per heavy atom. The van der Waals surface area contributed by atoms with Gasteiger partial charge in [0, 0.05) is 17.9 Å². The molecule has 3 aromatic rings. The first-order valence-electron chi connectivity index (χ1n) is 10.6. The van der Waals surface area contributed by atoms with Crippen LogP contribution in [0.25, 0.3) is 11.6 Å².